The molecule has 1 heterocycles. The Bertz CT molecular complexity index is 1080. The summed E-state index contributed by atoms with van der Waals surface area (Å²) in [5, 5.41) is 2.52. The fourth-order valence-electron chi connectivity index (χ4n) is 3.34. The first-order valence-corrected chi connectivity index (χ1v) is 10.6. The van der Waals surface area contributed by atoms with Crippen LogP contribution >= 0.6 is 11.8 Å². The molecule has 154 valence electrons. The van der Waals surface area contributed by atoms with Crippen LogP contribution in [0.2, 0.25) is 0 Å². The number of benzene rings is 3. The minimum Gasteiger partial charge on any atom is -0.344 e. The molecule has 1 fully saturated rings. The summed E-state index contributed by atoms with van der Waals surface area (Å²) in [4.78, 5) is 39.2. The third-order valence-electron chi connectivity index (χ3n) is 4.84. The van der Waals surface area contributed by atoms with Crippen molar-refractivity contribution in [2.75, 3.05) is 6.54 Å². The molecule has 0 aliphatic carbocycles. The van der Waals surface area contributed by atoms with Crippen molar-refractivity contribution in [1.29, 1.82) is 0 Å². The Morgan fingerprint density at radius 2 is 1.35 bits per heavy atom. The lowest BCUT2D eigenvalue weighted by atomic mass is 9.99. The third-order valence-corrected chi connectivity index (χ3v) is 5.75. The number of carbonyl (C=O) groups excluding carboxylic acids is 3. The van der Waals surface area contributed by atoms with E-state index in [0.717, 1.165) is 33.4 Å². The minimum absolute atomic E-state index is 0.312. The van der Waals surface area contributed by atoms with Gasteiger partial charge in [-0.05, 0) is 34.5 Å². The van der Waals surface area contributed by atoms with Gasteiger partial charge in [-0.1, -0.05) is 91.0 Å². The standard InChI is InChI=1S/C25H20N2O3S/c28-22(26-23(19-12-6-2-7-13-19)20-14-8-3-9-15-20)17-27-24(29)21(31-25(27)30)16-18-10-4-1-5-11-18/h1-16,23H,17H2,(H,26,28)/b21-16+. The van der Waals surface area contributed by atoms with Crippen LogP contribution < -0.4 is 5.32 Å². The molecule has 0 saturated carbocycles. The number of carbonyl (C=O) groups is 3. The summed E-state index contributed by atoms with van der Waals surface area (Å²) in [6.07, 6.45) is 1.67. The number of hydrogen-bond acceptors (Lipinski definition) is 4. The lowest BCUT2D eigenvalue weighted by molar-refractivity contribution is -0.129. The maximum absolute atomic E-state index is 12.8. The minimum atomic E-state index is -0.454. The van der Waals surface area contributed by atoms with Gasteiger partial charge >= 0.3 is 0 Å². The molecule has 1 aliphatic heterocycles. The largest absolute Gasteiger partial charge is 0.344 e. The van der Waals surface area contributed by atoms with Gasteiger partial charge in [0.05, 0.1) is 10.9 Å². The van der Waals surface area contributed by atoms with E-state index in [4.69, 9.17) is 0 Å². The molecule has 5 nitrogen and oxygen atoms in total. The molecule has 1 aliphatic rings. The van der Waals surface area contributed by atoms with Crippen LogP contribution in [-0.2, 0) is 9.59 Å². The van der Waals surface area contributed by atoms with Crippen molar-refractivity contribution in [2.45, 2.75) is 6.04 Å². The van der Waals surface area contributed by atoms with Gasteiger partial charge in [0.2, 0.25) is 5.91 Å². The summed E-state index contributed by atoms with van der Waals surface area (Å²) in [7, 11) is 0. The van der Waals surface area contributed by atoms with Crippen molar-refractivity contribution >= 4 is 34.9 Å². The van der Waals surface area contributed by atoms with Crippen molar-refractivity contribution in [1.82, 2.24) is 10.2 Å². The molecule has 0 atom stereocenters. The van der Waals surface area contributed by atoms with Gasteiger partial charge in [-0.15, -0.1) is 0 Å². The summed E-state index contributed by atoms with van der Waals surface area (Å²) in [5.41, 5.74) is 2.66. The molecule has 0 radical (unpaired) electrons. The molecule has 0 bridgehead atoms. The SMILES string of the molecule is O=C(CN1C(=O)S/C(=C/c2ccccc2)C1=O)NC(c1ccccc1)c1ccccc1. The fourth-order valence-corrected chi connectivity index (χ4v) is 4.18. The predicted molar refractivity (Wildman–Crippen MR) is 122 cm³/mol. The molecule has 1 saturated heterocycles. The lowest BCUT2D eigenvalue weighted by Crippen LogP contribution is -2.41. The third kappa shape index (κ3) is 4.92. The Morgan fingerprint density at radius 1 is 0.839 bits per heavy atom. The van der Waals surface area contributed by atoms with Crippen LogP contribution in [0.1, 0.15) is 22.7 Å². The van der Waals surface area contributed by atoms with Crippen LogP contribution in [0.5, 0.6) is 0 Å². The number of hydrogen-bond donors (Lipinski definition) is 1. The van der Waals surface area contributed by atoms with Crippen molar-refractivity contribution in [3.05, 3.63) is 113 Å². The van der Waals surface area contributed by atoms with Crippen LogP contribution in [0.4, 0.5) is 4.79 Å². The number of nitrogens with zero attached hydrogens (tertiary/aromatic N) is 1. The summed E-state index contributed by atoms with van der Waals surface area (Å²) >= 11 is 0.849. The number of amides is 3. The van der Waals surface area contributed by atoms with Crippen LogP contribution in [0.3, 0.4) is 0 Å². The topological polar surface area (TPSA) is 66.5 Å². The Hall–Kier alpha value is -3.64. The predicted octanol–water partition coefficient (Wildman–Crippen LogP) is 4.63. The molecule has 31 heavy (non-hydrogen) atoms. The maximum Gasteiger partial charge on any atom is 0.294 e. The van der Waals surface area contributed by atoms with Gasteiger partial charge in [0.15, 0.2) is 0 Å². The average molecular weight is 429 g/mol. The molecule has 0 aromatic heterocycles. The highest BCUT2D eigenvalue weighted by molar-refractivity contribution is 8.18. The molecule has 3 amide bonds. The Balaban J connectivity index is 1.50. The van der Waals surface area contributed by atoms with E-state index in [1.165, 1.54) is 0 Å². The highest BCUT2D eigenvalue weighted by Gasteiger charge is 2.36. The highest BCUT2D eigenvalue weighted by Crippen LogP contribution is 2.32. The second-order valence-electron chi connectivity index (χ2n) is 7.00. The average Bonchev–Trinajstić information content (AvgIpc) is 3.06. The van der Waals surface area contributed by atoms with E-state index in [0.29, 0.717) is 4.91 Å². The maximum atomic E-state index is 12.8. The quantitative estimate of drug-likeness (QED) is 0.582. The molecular formula is C25H20N2O3S. The Kier molecular flexibility index (Phi) is 6.29. The van der Waals surface area contributed by atoms with E-state index in [9.17, 15) is 14.4 Å². The van der Waals surface area contributed by atoms with Crippen molar-refractivity contribution in [3.8, 4) is 0 Å². The summed E-state index contributed by atoms with van der Waals surface area (Å²) in [5.74, 6) is -0.856. The van der Waals surface area contributed by atoms with Crippen LogP contribution in [0.15, 0.2) is 95.9 Å². The van der Waals surface area contributed by atoms with Gasteiger partial charge in [-0.25, -0.2) is 0 Å². The van der Waals surface area contributed by atoms with E-state index in [1.54, 1.807) is 6.08 Å². The van der Waals surface area contributed by atoms with Gasteiger partial charge in [-0.2, -0.15) is 0 Å². The molecule has 3 aromatic rings. The highest BCUT2D eigenvalue weighted by atomic mass is 32.2. The second kappa shape index (κ2) is 9.45. The van der Waals surface area contributed by atoms with E-state index < -0.39 is 17.1 Å². The Labute approximate surface area is 184 Å². The van der Waals surface area contributed by atoms with E-state index in [1.807, 2.05) is 91.0 Å². The van der Waals surface area contributed by atoms with Gasteiger partial charge < -0.3 is 5.32 Å². The zero-order chi connectivity index (χ0) is 21.6. The first kappa shape index (κ1) is 20.6. The van der Waals surface area contributed by atoms with Gasteiger partial charge in [-0.3, -0.25) is 19.3 Å². The number of thioether (sulfide) groups is 1. The summed E-state index contributed by atoms with van der Waals surface area (Å²) in [6.45, 7) is -0.326. The summed E-state index contributed by atoms with van der Waals surface area (Å²) < 4.78 is 0. The lowest BCUT2D eigenvalue weighted by Gasteiger charge is -2.21. The van der Waals surface area contributed by atoms with E-state index >= 15 is 0 Å². The monoisotopic (exact) mass is 428 g/mol. The smallest absolute Gasteiger partial charge is 0.294 e. The second-order valence-corrected chi connectivity index (χ2v) is 7.99. The Morgan fingerprint density at radius 3 is 1.90 bits per heavy atom. The molecule has 0 spiro atoms. The number of imide groups is 1. The first-order chi connectivity index (χ1) is 15.1. The van der Waals surface area contributed by atoms with Crippen molar-refractivity contribution < 1.29 is 14.4 Å². The van der Waals surface area contributed by atoms with E-state index in [-0.39, 0.29) is 12.6 Å². The normalized spacial score (nSPS) is 15.0. The molecule has 4 rings (SSSR count). The van der Waals surface area contributed by atoms with Crippen LogP contribution in [0, 0.1) is 0 Å². The van der Waals surface area contributed by atoms with Crippen molar-refractivity contribution in [2.24, 2.45) is 0 Å². The van der Waals surface area contributed by atoms with E-state index in [2.05, 4.69) is 5.32 Å². The molecule has 3 aromatic carbocycles. The zero-order valence-corrected chi connectivity index (χ0v) is 17.4. The van der Waals surface area contributed by atoms with Crippen LogP contribution in [0.25, 0.3) is 6.08 Å². The summed E-state index contributed by atoms with van der Waals surface area (Å²) in [6, 6.07) is 28.1. The molecular weight excluding hydrogens is 408 g/mol. The van der Waals surface area contributed by atoms with Crippen molar-refractivity contribution in [3.63, 3.8) is 0 Å². The van der Waals surface area contributed by atoms with Gasteiger partial charge in [0, 0.05) is 0 Å². The fraction of sp³-hybridized carbons (Fsp3) is 0.0800. The molecule has 6 heteroatoms. The first-order valence-electron chi connectivity index (χ1n) is 9.81. The van der Waals surface area contributed by atoms with Gasteiger partial charge in [0.1, 0.15) is 6.54 Å². The number of rotatable bonds is 6. The van der Waals surface area contributed by atoms with Crippen LogP contribution in [-0.4, -0.2) is 28.5 Å². The zero-order valence-electron chi connectivity index (χ0n) is 16.6. The number of nitrogens with one attached hydrogen (secondary N) is 1. The molecule has 1 N–H and O–H groups in total. The van der Waals surface area contributed by atoms with Gasteiger partial charge in [0.25, 0.3) is 11.1 Å². The molecule has 0 unspecified atom stereocenters.